The number of hydrogen-bond acceptors (Lipinski definition) is 3. The Kier molecular flexibility index (Phi) is 5.05. The standard InChI is InChI=1S/C15H19FN4O/c1-11-10-14(18-15(21)4-3-9-17-2)20(19-11)13-7-5-12(16)6-8-13/h5-8,10,17H,3-4,9H2,1-2H3,(H,18,21). The largest absolute Gasteiger partial charge is 0.320 e. The molecular formula is C15H19FN4O. The van der Waals surface area contributed by atoms with Gasteiger partial charge in [0.1, 0.15) is 11.6 Å². The molecule has 1 heterocycles. The number of rotatable bonds is 6. The lowest BCUT2D eigenvalue weighted by molar-refractivity contribution is -0.116. The van der Waals surface area contributed by atoms with E-state index in [-0.39, 0.29) is 11.7 Å². The number of amides is 1. The summed E-state index contributed by atoms with van der Waals surface area (Å²) >= 11 is 0. The van der Waals surface area contributed by atoms with Crippen molar-refractivity contribution in [3.63, 3.8) is 0 Å². The molecule has 0 saturated heterocycles. The molecule has 0 unspecified atom stereocenters. The number of hydrogen-bond donors (Lipinski definition) is 2. The minimum absolute atomic E-state index is 0.0616. The fourth-order valence-corrected chi connectivity index (χ4v) is 2.00. The van der Waals surface area contributed by atoms with Crippen LogP contribution in [0.3, 0.4) is 0 Å². The lowest BCUT2D eigenvalue weighted by Gasteiger charge is -2.09. The van der Waals surface area contributed by atoms with Crippen LogP contribution in [0.5, 0.6) is 0 Å². The van der Waals surface area contributed by atoms with Gasteiger partial charge in [0.05, 0.1) is 11.4 Å². The Balaban J connectivity index is 2.13. The van der Waals surface area contributed by atoms with Crippen molar-refractivity contribution in [3.05, 3.63) is 41.8 Å². The fourth-order valence-electron chi connectivity index (χ4n) is 2.00. The number of nitrogens with one attached hydrogen (secondary N) is 2. The van der Waals surface area contributed by atoms with Crippen LogP contribution in [0.2, 0.25) is 0 Å². The minimum Gasteiger partial charge on any atom is -0.320 e. The van der Waals surface area contributed by atoms with Gasteiger partial charge in [0.2, 0.25) is 5.91 Å². The molecule has 0 fully saturated rings. The van der Waals surface area contributed by atoms with Crippen molar-refractivity contribution in [1.29, 1.82) is 0 Å². The summed E-state index contributed by atoms with van der Waals surface area (Å²) in [6.45, 7) is 2.64. The van der Waals surface area contributed by atoms with E-state index in [1.165, 1.54) is 12.1 Å². The molecule has 5 nitrogen and oxygen atoms in total. The maximum Gasteiger partial charge on any atom is 0.225 e. The molecule has 2 aromatic rings. The molecular weight excluding hydrogens is 271 g/mol. The lowest BCUT2D eigenvalue weighted by Crippen LogP contribution is -2.17. The predicted octanol–water partition coefficient (Wildman–Crippen LogP) is 2.26. The third-order valence-electron chi connectivity index (χ3n) is 3.00. The smallest absolute Gasteiger partial charge is 0.225 e. The van der Waals surface area contributed by atoms with E-state index in [9.17, 15) is 9.18 Å². The molecule has 1 aromatic heterocycles. The van der Waals surface area contributed by atoms with Crippen LogP contribution < -0.4 is 10.6 Å². The highest BCUT2D eigenvalue weighted by Crippen LogP contribution is 2.17. The average Bonchev–Trinajstić information content (AvgIpc) is 2.80. The number of nitrogens with zero attached hydrogens (tertiary/aromatic N) is 2. The molecule has 21 heavy (non-hydrogen) atoms. The van der Waals surface area contributed by atoms with E-state index in [1.807, 2.05) is 14.0 Å². The van der Waals surface area contributed by atoms with Crippen molar-refractivity contribution in [2.45, 2.75) is 19.8 Å². The fraction of sp³-hybridized carbons (Fsp3) is 0.333. The molecule has 0 radical (unpaired) electrons. The molecule has 0 atom stereocenters. The van der Waals surface area contributed by atoms with Crippen LogP contribution >= 0.6 is 0 Å². The van der Waals surface area contributed by atoms with Crippen molar-refractivity contribution in [2.24, 2.45) is 0 Å². The summed E-state index contributed by atoms with van der Waals surface area (Å²) in [5.41, 5.74) is 1.49. The monoisotopic (exact) mass is 290 g/mol. The van der Waals surface area contributed by atoms with E-state index in [4.69, 9.17) is 0 Å². The molecule has 0 saturated carbocycles. The molecule has 0 aliphatic carbocycles. The van der Waals surface area contributed by atoms with Gasteiger partial charge >= 0.3 is 0 Å². The molecule has 112 valence electrons. The SMILES string of the molecule is CNCCCC(=O)Nc1cc(C)nn1-c1ccc(F)cc1. The van der Waals surface area contributed by atoms with Gasteiger partial charge in [-0.2, -0.15) is 5.10 Å². The van der Waals surface area contributed by atoms with Gasteiger partial charge in [-0.25, -0.2) is 9.07 Å². The van der Waals surface area contributed by atoms with E-state index in [0.29, 0.717) is 17.9 Å². The van der Waals surface area contributed by atoms with Gasteiger partial charge < -0.3 is 10.6 Å². The summed E-state index contributed by atoms with van der Waals surface area (Å²) < 4.78 is 14.6. The van der Waals surface area contributed by atoms with Crippen LogP contribution in [-0.4, -0.2) is 29.3 Å². The van der Waals surface area contributed by atoms with Crippen molar-refractivity contribution >= 4 is 11.7 Å². The van der Waals surface area contributed by atoms with Crippen LogP contribution in [0.1, 0.15) is 18.5 Å². The summed E-state index contributed by atoms with van der Waals surface area (Å²) in [5, 5.41) is 10.2. The van der Waals surface area contributed by atoms with Crippen LogP contribution in [0.15, 0.2) is 30.3 Å². The molecule has 2 N–H and O–H groups in total. The molecule has 6 heteroatoms. The second-order valence-electron chi connectivity index (χ2n) is 4.81. The first-order valence-electron chi connectivity index (χ1n) is 6.87. The molecule has 2 rings (SSSR count). The second-order valence-corrected chi connectivity index (χ2v) is 4.81. The summed E-state index contributed by atoms with van der Waals surface area (Å²) in [6, 6.07) is 7.77. The predicted molar refractivity (Wildman–Crippen MR) is 80.0 cm³/mol. The first-order chi connectivity index (χ1) is 10.1. The van der Waals surface area contributed by atoms with E-state index < -0.39 is 0 Å². The summed E-state index contributed by atoms with van der Waals surface area (Å²) in [7, 11) is 1.85. The number of aromatic nitrogens is 2. The molecule has 0 aliphatic heterocycles. The quantitative estimate of drug-likeness (QED) is 0.802. The molecule has 0 aliphatic rings. The van der Waals surface area contributed by atoms with Crippen molar-refractivity contribution in [3.8, 4) is 5.69 Å². The maximum atomic E-state index is 13.0. The molecule has 0 spiro atoms. The van der Waals surface area contributed by atoms with E-state index in [1.54, 1.807) is 22.9 Å². The summed E-state index contributed by atoms with van der Waals surface area (Å²) in [6.07, 6.45) is 1.21. The van der Waals surface area contributed by atoms with Crippen LogP contribution in [-0.2, 0) is 4.79 Å². The Hall–Kier alpha value is -2.21. The topological polar surface area (TPSA) is 59.0 Å². The van der Waals surface area contributed by atoms with E-state index >= 15 is 0 Å². The van der Waals surface area contributed by atoms with Gasteiger partial charge in [-0.15, -0.1) is 0 Å². The first kappa shape index (κ1) is 15.2. The Morgan fingerprint density at radius 2 is 2.05 bits per heavy atom. The van der Waals surface area contributed by atoms with Gasteiger partial charge in [-0.05, 0) is 51.2 Å². The number of carbonyl (C=O) groups excluding carboxylic acids is 1. The van der Waals surface area contributed by atoms with Gasteiger partial charge in [-0.3, -0.25) is 4.79 Å². The number of carbonyl (C=O) groups is 1. The Labute approximate surface area is 123 Å². The molecule has 0 bridgehead atoms. The third-order valence-corrected chi connectivity index (χ3v) is 3.00. The summed E-state index contributed by atoms with van der Waals surface area (Å²) in [5.74, 6) is 0.224. The number of aryl methyl sites for hydroxylation is 1. The van der Waals surface area contributed by atoms with Gasteiger partial charge in [-0.1, -0.05) is 0 Å². The minimum atomic E-state index is -0.305. The van der Waals surface area contributed by atoms with Crippen molar-refractivity contribution in [1.82, 2.24) is 15.1 Å². The van der Waals surface area contributed by atoms with Gasteiger partial charge in [0, 0.05) is 12.5 Å². The zero-order valence-corrected chi connectivity index (χ0v) is 12.2. The van der Waals surface area contributed by atoms with Crippen molar-refractivity contribution < 1.29 is 9.18 Å². The number of benzene rings is 1. The average molecular weight is 290 g/mol. The highest BCUT2D eigenvalue weighted by Gasteiger charge is 2.10. The van der Waals surface area contributed by atoms with Crippen LogP contribution in [0.4, 0.5) is 10.2 Å². The maximum absolute atomic E-state index is 13.0. The molecule has 1 aromatic carbocycles. The van der Waals surface area contributed by atoms with E-state index in [2.05, 4.69) is 15.7 Å². The zero-order chi connectivity index (χ0) is 15.2. The number of halogens is 1. The Morgan fingerprint density at radius 3 is 2.71 bits per heavy atom. The highest BCUT2D eigenvalue weighted by atomic mass is 19.1. The van der Waals surface area contributed by atoms with Crippen molar-refractivity contribution in [2.75, 3.05) is 18.9 Å². The Bertz CT molecular complexity index is 607. The Morgan fingerprint density at radius 1 is 1.33 bits per heavy atom. The number of anilines is 1. The first-order valence-corrected chi connectivity index (χ1v) is 6.87. The van der Waals surface area contributed by atoms with Gasteiger partial charge in [0.15, 0.2) is 0 Å². The van der Waals surface area contributed by atoms with Crippen LogP contribution in [0, 0.1) is 12.7 Å². The summed E-state index contributed by atoms with van der Waals surface area (Å²) in [4.78, 5) is 11.9. The zero-order valence-electron chi connectivity index (χ0n) is 12.2. The normalized spacial score (nSPS) is 10.6. The lowest BCUT2D eigenvalue weighted by atomic mass is 10.3. The van der Waals surface area contributed by atoms with E-state index in [0.717, 1.165) is 18.7 Å². The van der Waals surface area contributed by atoms with Gasteiger partial charge in [0.25, 0.3) is 0 Å². The third kappa shape index (κ3) is 4.13. The second kappa shape index (κ2) is 6.99. The highest BCUT2D eigenvalue weighted by molar-refractivity contribution is 5.90. The molecule has 1 amide bonds. The van der Waals surface area contributed by atoms with Crippen LogP contribution in [0.25, 0.3) is 5.69 Å².